The molecule has 0 aromatic carbocycles. The summed E-state index contributed by atoms with van der Waals surface area (Å²) in [5.41, 5.74) is 5.87. The molecular weight excluding hydrogens is 194 g/mol. The first-order valence-electron chi connectivity index (χ1n) is 3.45. The van der Waals surface area contributed by atoms with E-state index in [0.717, 1.165) is 0 Å². The van der Waals surface area contributed by atoms with Crippen molar-refractivity contribution in [3.05, 3.63) is 24.0 Å². The number of aliphatic carboxylic acids is 1. The Labute approximate surface area is 81.4 Å². The third kappa shape index (κ3) is 3.82. The van der Waals surface area contributed by atoms with Gasteiger partial charge in [0.15, 0.2) is 0 Å². The maximum absolute atomic E-state index is 10.3. The van der Waals surface area contributed by atoms with Crippen LogP contribution in [0.3, 0.4) is 0 Å². The molecule has 1 rings (SSSR count). The third-order valence-electron chi connectivity index (χ3n) is 1.37. The van der Waals surface area contributed by atoms with E-state index in [9.17, 15) is 4.79 Å². The minimum Gasteiger partial charge on any atom is -0.480 e. The van der Waals surface area contributed by atoms with Crippen molar-refractivity contribution in [1.29, 1.82) is 0 Å². The summed E-state index contributed by atoms with van der Waals surface area (Å²) in [5, 5.41) is 15.8. The number of hydrogen-bond donors (Lipinski definition) is 2. The highest BCUT2D eigenvalue weighted by molar-refractivity contribution is 5.85. The molecule has 0 amide bonds. The second-order valence-corrected chi connectivity index (χ2v) is 2.36. The van der Waals surface area contributed by atoms with Crippen molar-refractivity contribution in [2.24, 2.45) is 5.73 Å². The van der Waals surface area contributed by atoms with Crippen molar-refractivity contribution in [3.63, 3.8) is 0 Å². The SMILES string of the molecule is Cl.N[C@@H](Cc1cccnn1)C(=O)O. The van der Waals surface area contributed by atoms with Crippen molar-refractivity contribution < 1.29 is 9.90 Å². The quantitative estimate of drug-likeness (QED) is 0.714. The molecule has 0 saturated heterocycles. The Bertz CT molecular complexity index is 268. The van der Waals surface area contributed by atoms with Crippen LogP contribution in [-0.2, 0) is 11.2 Å². The molecule has 0 fully saturated rings. The van der Waals surface area contributed by atoms with Gasteiger partial charge in [-0.1, -0.05) is 0 Å². The molecule has 0 saturated carbocycles. The van der Waals surface area contributed by atoms with Crippen LogP contribution in [0, 0.1) is 0 Å². The number of carbonyl (C=O) groups is 1. The Balaban J connectivity index is 0.00000144. The summed E-state index contributed by atoms with van der Waals surface area (Å²) in [6.07, 6.45) is 1.74. The number of aromatic nitrogens is 2. The second-order valence-electron chi connectivity index (χ2n) is 2.36. The van der Waals surface area contributed by atoms with Crippen molar-refractivity contribution >= 4 is 18.4 Å². The number of nitrogens with two attached hydrogens (primary N) is 1. The van der Waals surface area contributed by atoms with Crippen LogP contribution < -0.4 is 5.73 Å². The first-order valence-corrected chi connectivity index (χ1v) is 3.45. The number of nitrogens with zero attached hydrogens (tertiary/aromatic N) is 2. The molecule has 3 N–H and O–H groups in total. The van der Waals surface area contributed by atoms with Crippen LogP contribution in [0.2, 0.25) is 0 Å². The number of rotatable bonds is 3. The maximum atomic E-state index is 10.3. The summed E-state index contributed by atoms with van der Waals surface area (Å²) >= 11 is 0. The first kappa shape index (κ1) is 11.8. The summed E-state index contributed by atoms with van der Waals surface area (Å²) < 4.78 is 0. The van der Waals surface area contributed by atoms with Crippen LogP contribution in [0.5, 0.6) is 0 Å². The third-order valence-corrected chi connectivity index (χ3v) is 1.37. The molecule has 0 unspecified atom stereocenters. The fourth-order valence-corrected chi connectivity index (χ4v) is 0.755. The summed E-state index contributed by atoms with van der Waals surface area (Å²) in [5.74, 6) is -1.03. The van der Waals surface area contributed by atoms with E-state index in [1.807, 2.05) is 0 Å². The molecular formula is C7H10ClN3O2. The molecule has 1 heterocycles. The number of carboxylic acid groups (broad SMARTS) is 1. The van der Waals surface area contributed by atoms with Gasteiger partial charge in [-0.25, -0.2) is 0 Å². The van der Waals surface area contributed by atoms with E-state index in [4.69, 9.17) is 10.8 Å². The van der Waals surface area contributed by atoms with Crippen LogP contribution in [0.15, 0.2) is 18.3 Å². The Morgan fingerprint density at radius 2 is 2.38 bits per heavy atom. The van der Waals surface area contributed by atoms with Gasteiger partial charge in [-0.05, 0) is 12.1 Å². The molecule has 0 spiro atoms. The predicted molar refractivity (Wildman–Crippen MR) is 48.6 cm³/mol. The van der Waals surface area contributed by atoms with E-state index < -0.39 is 12.0 Å². The van der Waals surface area contributed by atoms with Crippen molar-refractivity contribution in [2.45, 2.75) is 12.5 Å². The fraction of sp³-hybridized carbons (Fsp3) is 0.286. The van der Waals surface area contributed by atoms with Gasteiger partial charge in [0, 0.05) is 12.6 Å². The molecule has 5 nitrogen and oxygen atoms in total. The minimum atomic E-state index is -1.03. The van der Waals surface area contributed by atoms with E-state index in [-0.39, 0.29) is 18.8 Å². The second kappa shape index (κ2) is 5.45. The van der Waals surface area contributed by atoms with Gasteiger partial charge in [-0.3, -0.25) is 4.79 Å². The van der Waals surface area contributed by atoms with Gasteiger partial charge < -0.3 is 10.8 Å². The minimum absolute atomic E-state index is 0. The molecule has 0 bridgehead atoms. The van der Waals surface area contributed by atoms with Gasteiger partial charge in [-0.15, -0.1) is 12.4 Å². The fourth-order valence-electron chi connectivity index (χ4n) is 0.755. The zero-order chi connectivity index (χ0) is 8.97. The highest BCUT2D eigenvalue weighted by atomic mass is 35.5. The molecule has 1 atom stereocenters. The van der Waals surface area contributed by atoms with Crippen LogP contribution in [0.1, 0.15) is 5.69 Å². The first-order chi connectivity index (χ1) is 5.70. The topological polar surface area (TPSA) is 89.1 Å². The lowest BCUT2D eigenvalue weighted by Crippen LogP contribution is -2.32. The monoisotopic (exact) mass is 203 g/mol. The predicted octanol–water partition coefficient (Wildman–Crippen LogP) is -0.147. The standard InChI is InChI=1S/C7H9N3O2.ClH/c8-6(7(11)12)4-5-2-1-3-9-10-5;/h1-3,6H,4,8H2,(H,11,12);1H/t6-;/m0./s1. The van der Waals surface area contributed by atoms with E-state index in [1.54, 1.807) is 12.1 Å². The van der Waals surface area contributed by atoms with Gasteiger partial charge in [0.25, 0.3) is 0 Å². The van der Waals surface area contributed by atoms with Gasteiger partial charge in [0.1, 0.15) is 6.04 Å². The van der Waals surface area contributed by atoms with Crippen LogP contribution >= 0.6 is 12.4 Å². The largest absolute Gasteiger partial charge is 0.480 e. The highest BCUT2D eigenvalue weighted by Crippen LogP contribution is 1.95. The molecule has 13 heavy (non-hydrogen) atoms. The Kier molecular flexibility index (Phi) is 4.94. The van der Waals surface area contributed by atoms with Crippen LogP contribution in [0.4, 0.5) is 0 Å². The lowest BCUT2D eigenvalue weighted by molar-refractivity contribution is -0.138. The van der Waals surface area contributed by atoms with Crippen molar-refractivity contribution in [2.75, 3.05) is 0 Å². The molecule has 0 aliphatic rings. The van der Waals surface area contributed by atoms with E-state index in [2.05, 4.69) is 10.2 Å². The smallest absolute Gasteiger partial charge is 0.320 e. The zero-order valence-electron chi connectivity index (χ0n) is 6.75. The summed E-state index contributed by atoms with van der Waals surface area (Å²) in [7, 11) is 0. The van der Waals surface area contributed by atoms with E-state index >= 15 is 0 Å². The lowest BCUT2D eigenvalue weighted by Gasteiger charge is -2.03. The summed E-state index contributed by atoms with van der Waals surface area (Å²) in [6.45, 7) is 0. The zero-order valence-corrected chi connectivity index (χ0v) is 7.57. The lowest BCUT2D eigenvalue weighted by atomic mass is 10.2. The molecule has 0 aliphatic heterocycles. The molecule has 0 radical (unpaired) electrons. The Morgan fingerprint density at radius 3 is 2.85 bits per heavy atom. The summed E-state index contributed by atoms with van der Waals surface area (Å²) in [4.78, 5) is 10.3. The average molecular weight is 204 g/mol. The molecule has 1 aromatic rings. The van der Waals surface area contributed by atoms with Crippen molar-refractivity contribution in [1.82, 2.24) is 10.2 Å². The Hall–Kier alpha value is -1.20. The molecule has 0 aliphatic carbocycles. The van der Waals surface area contributed by atoms with Gasteiger partial charge in [0.05, 0.1) is 5.69 Å². The number of halogens is 1. The van der Waals surface area contributed by atoms with E-state index in [0.29, 0.717) is 5.69 Å². The molecule has 1 aromatic heterocycles. The van der Waals surface area contributed by atoms with E-state index in [1.165, 1.54) is 6.20 Å². The molecule has 72 valence electrons. The Morgan fingerprint density at radius 1 is 1.69 bits per heavy atom. The number of carboxylic acids is 1. The normalized spacial score (nSPS) is 11.5. The highest BCUT2D eigenvalue weighted by Gasteiger charge is 2.12. The summed E-state index contributed by atoms with van der Waals surface area (Å²) in [6, 6.07) is 2.48. The van der Waals surface area contributed by atoms with Gasteiger partial charge in [-0.2, -0.15) is 10.2 Å². The average Bonchev–Trinajstić information content (AvgIpc) is 2.06. The maximum Gasteiger partial charge on any atom is 0.320 e. The number of hydrogen-bond acceptors (Lipinski definition) is 4. The molecule has 6 heteroatoms. The van der Waals surface area contributed by atoms with Crippen LogP contribution in [-0.4, -0.2) is 27.3 Å². The van der Waals surface area contributed by atoms with Crippen molar-refractivity contribution in [3.8, 4) is 0 Å². The van der Waals surface area contributed by atoms with Gasteiger partial charge in [0.2, 0.25) is 0 Å². The van der Waals surface area contributed by atoms with Crippen LogP contribution in [0.25, 0.3) is 0 Å². The van der Waals surface area contributed by atoms with Gasteiger partial charge >= 0.3 is 5.97 Å².